The molecule has 0 aliphatic rings. The van der Waals surface area contributed by atoms with Crippen LogP contribution in [-0.4, -0.2) is 25.9 Å². The summed E-state index contributed by atoms with van der Waals surface area (Å²) >= 11 is 0. The number of aromatic hydroxyl groups is 2. The molecular formula is C9H10O3Si. The molecule has 0 bridgehead atoms. The first kappa shape index (κ1) is 9.53. The van der Waals surface area contributed by atoms with Gasteiger partial charge in [-0.05, 0) is 23.8 Å². The van der Waals surface area contributed by atoms with Gasteiger partial charge in [0.1, 0.15) is 5.41 Å². The van der Waals surface area contributed by atoms with Crippen LogP contribution in [0, 0.1) is 0 Å². The molecule has 0 aliphatic heterocycles. The Labute approximate surface area is 78.8 Å². The zero-order valence-corrected chi connectivity index (χ0v) is 9.19. The van der Waals surface area contributed by atoms with Crippen molar-refractivity contribution in [1.82, 2.24) is 0 Å². The highest BCUT2D eigenvalue weighted by atomic mass is 28.1. The quantitative estimate of drug-likeness (QED) is 0.396. The summed E-state index contributed by atoms with van der Waals surface area (Å²) in [6, 6.07) is 4.40. The average Bonchev–Trinajstić information content (AvgIpc) is 2.07. The van der Waals surface area contributed by atoms with E-state index in [0.29, 0.717) is 15.8 Å². The second-order valence-electron chi connectivity index (χ2n) is 2.69. The summed E-state index contributed by atoms with van der Waals surface area (Å²) in [6.07, 6.45) is 3.06. The molecule has 0 aliphatic carbocycles. The fourth-order valence-electron chi connectivity index (χ4n) is 0.858. The maximum absolute atomic E-state index is 10.6. The fraction of sp³-hybridized carbons (Fsp3) is 0. The van der Waals surface area contributed by atoms with E-state index in [1.54, 1.807) is 12.1 Å². The predicted molar refractivity (Wildman–Crippen MR) is 53.8 cm³/mol. The second-order valence-corrected chi connectivity index (χ2v) is 3.68. The van der Waals surface area contributed by atoms with Crippen LogP contribution >= 0.6 is 0 Å². The molecule has 68 valence electrons. The Morgan fingerprint density at radius 3 is 2.54 bits per heavy atom. The van der Waals surface area contributed by atoms with Gasteiger partial charge >= 0.3 is 0 Å². The van der Waals surface area contributed by atoms with Gasteiger partial charge in [0.05, 0.1) is 10.2 Å². The highest BCUT2D eigenvalue weighted by molar-refractivity contribution is 6.61. The second kappa shape index (κ2) is 3.91. The zero-order valence-electron chi connectivity index (χ0n) is 7.19. The van der Waals surface area contributed by atoms with Crippen molar-refractivity contribution in [2.75, 3.05) is 0 Å². The van der Waals surface area contributed by atoms with E-state index in [4.69, 9.17) is 10.2 Å². The number of phenols is 2. The van der Waals surface area contributed by atoms with Crippen LogP contribution in [-0.2, 0) is 4.79 Å². The SMILES string of the molecule is O=C([SiH3])/C=C/c1ccc(O)c(O)c1. The van der Waals surface area contributed by atoms with Gasteiger partial charge in [-0.2, -0.15) is 0 Å². The van der Waals surface area contributed by atoms with Crippen LogP contribution in [0.1, 0.15) is 5.56 Å². The summed E-state index contributed by atoms with van der Waals surface area (Å²) in [5.74, 6) is -0.336. The molecule has 0 radical (unpaired) electrons. The standard InChI is InChI=1S/C9H10O3Si/c10-7-3-1-6(5-8(7)11)2-4-9(12)13/h1-5,10-11H,13H3/b4-2+. The first-order valence-electron chi connectivity index (χ1n) is 3.80. The summed E-state index contributed by atoms with van der Waals surface area (Å²) in [7, 11) is 0.489. The smallest absolute Gasteiger partial charge is 0.157 e. The third-order valence-corrected chi connectivity index (χ3v) is 1.84. The molecule has 0 atom stereocenters. The number of phenolic OH excluding ortho intramolecular Hbond substituents is 2. The van der Waals surface area contributed by atoms with Gasteiger partial charge in [-0.3, -0.25) is 0 Å². The van der Waals surface area contributed by atoms with Gasteiger partial charge in [-0.1, -0.05) is 12.1 Å². The van der Waals surface area contributed by atoms with Crippen molar-refractivity contribution in [3.63, 3.8) is 0 Å². The van der Waals surface area contributed by atoms with Crippen LogP contribution in [0.2, 0.25) is 0 Å². The lowest BCUT2D eigenvalue weighted by molar-refractivity contribution is -0.107. The van der Waals surface area contributed by atoms with Gasteiger partial charge < -0.3 is 15.0 Å². The lowest BCUT2D eigenvalue weighted by Gasteiger charge is -1.97. The molecule has 0 spiro atoms. The van der Waals surface area contributed by atoms with Crippen molar-refractivity contribution in [1.29, 1.82) is 0 Å². The van der Waals surface area contributed by atoms with Gasteiger partial charge in [0.25, 0.3) is 0 Å². The van der Waals surface area contributed by atoms with Gasteiger partial charge in [0.15, 0.2) is 11.5 Å². The molecule has 1 rings (SSSR count). The Hall–Kier alpha value is -1.55. The maximum Gasteiger partial charge on any atom is 0.157 e. The number of benzene rings is 1. The highest BCUT2D eigenvalue weighted by Crippen LogP contribution is 2.25. The maximum atomic E-state index is 10.6. The zero-order chi connectivity index (χ0) is 9.84. The minimum absolute atomic E-state index is 0.0764. The van der Waals surface area contributed by atoms with E-state index in [0.717, 1.165) is 0 Å². The molecule has 0 unspecified atom stereocenters. The van der Waals surface area contributed by atoms with Crippen LogP contribution in [0.25, 0.3) is 6.08 Å². The van der Waals surface area contributed by atoms with Crippen molar-refractivity contribution in [3.8, 4) is 11.5 Å². The number of rotatable bonds is 2. The summed E-state index contributed by atoms with van der Waals surface area (Å²) in [5.41, 5.74) is 0.694. The Morgan fingerprint density at radius 1 is 1.31 bits per heavy atom. The Kier molecular flexibility index (Phi) is 2.87. The normalized spacial score (nSPS) is 10.8. The highest BCUT2D eigenvalue weighted by Gasteiger charge is 1.97. The molecule has 0 saturated carbocycles. The van der Waals surface area contributed by atoms with E-state index in [-0.39, 0.29) is 16.9 Å². The number of allylic oxidation sites excluding steroid dienone is 1. The number of hydrogen-bond acceptors (Lipinski definition) is 3. The van der Waals surface area contributed by atoms with Crippen LogP contribution in [0.5, 0.6) is 11.5 Å². The topological polar surface area (TPSA) is 57.5 Å². The number of hydrogen-bond donors (Lipinski definition) is 2. The van der Waals surface area contributed by atoms with Gasteiger partial charge in [0.2, 0.25) is 0 Å². The lowest BCUT2D eigenvalue weighted by Crippen LogP contribution is -1.87. The first-order valence-corrected chi connectivity index (χ1v) is 4.80. The third kappa shape index (κ3) is 2.76. The molecule has 13 heavy (non-hydrogen) atoms. The molecule has 4 heteroatoms. The van der Waals surface area contributed by atoms with Gasteiger partial charge in [0, 0.05) is 0 Å². The first-order chi connectivity index (χ1) is 6.09. The molecule has 1 aromatic rings. The molecule has 0 amide bonds. The third-order valence-electron chi connectivity index (χ3n) is 1.51. The molecular weight excluding hydrogens is 184 g/mol. The van der Waals surface area contributed by atoms with E-state index >= 15 is 0 Å². The molecule has 0 fully saturated rings. The molecule has 0 saturated heterocycles. The van der Waals surface area contributed by atoms with Gasteiger partial charge in [-0.25, -0.2) is 0 Å². The Morgan fingerprint density at radius 2 is 2.00 bits per heavy atom. The Balaban J connectivity index is 2.92. The van der Waals surface area contributed by atoms with Crippen molar-refractivity contribution in [2.45, 2.75) is 0 Å². The Bertz CT molecular complexity index is 358. The van der Waals surface area contributed by atoms with Crippen molar-refractivity contribution in [3.05, 3.63) is 29.8 Å². The average molecular weight is 194 g/mol. The van der Waals surface area contributed by atoms with Crippen LogP contribution in [0.4, 0.5) is 0 Å². The summed E-state index contributed by atoms with van der Waals surface area (Å²) in [6.45, 7) is 0. The molecule has 0 aromatic heterocycles. The fourth-order valence-corrected chi connectivity index (χ4v) is 1.02. The van der Waals surface area contributed by atoms with E-state index in [1.165, 1.54) is 18.2 Å². The van der Waals surface area contributed by atoms with E-state index in [9.17, 15) is 4.79 Å². The largest absolute Gasteiger partial charge is 0.504 e. The monoisotopic (exact) mass is 194 g/mol. The van der Waals surface area contributed by atoms with E-state index < -0.39 is 0 Å². The minimum atomic E-state index is -0.178. The number of carbonyl (C=O) groups excluding carboxylic acids is 1. The predicted octanol–water partition coefficient (Wildman–Crippen LogP) is 0.00300. The van der Waals surface area contributed by atoms with Crippen LogP contribution in [0.3, 0.4) is 0 Å². The summed E-state index contributed by atoms with van der Waals surface area (Å²) in [5, 5.41) is 18.2. The summed E-state index contributed by atoms with van der Waals surface area (Å²) in [4.78, 5) is 10.6. The van der Waals surface area contributed by atoms with Crippen LogP contribution in [0.15, 0.2) is 24.3 Å². The molecule has 1 aromatic carbocycles. The van der Waals surface area contributed by atoms with E-state index in [2.05, 4.69) is 0 Å². The minimum Gasteiger partial charge on any atom is -0.504 e. The van der Waals surface area contributed by atoms with E-state index in [1.807, 2.05) is 0 Å². The molecule has 0 heterocycles. The van der Waals surface area contributed by atoms with Crippen LogP contribution < -0.4 is 0 Å². The van der Waals surface area contributed by atoms with Crippen molar-refractivity contribution >= 4 is 21.7 Å². The summed E-state index contributed by atoms with van der Waals surface area (Å²) < 4.78 is 0. The molecule has 2 N–H and O–H groups in total. The molecule has 3 nitrogen and oxygen atoms in total. The number of carbonyl (C=O) groups is 1. The van der Waals surface area contributed by atoms with Crippen molar-refractivity contribution in [2.24, 2.45) is 0 Å². The lowest BCUT2D eigenvalue weighted by atomic mass is 10.2. The van der Waals surface area contributed by atoms with Gasteiger partial charge in [-0.15, -0.1) is 0 Å². The van der Waals surface area contributed by atoms with Crippen molar-refractivity contribution < 1.29 is 15.0 Å².